The van der Waals surface area contributed by atoms with Crippen LogP contribution >= 0.6 is 0 Å². The Kier molecular flexibility index (Phi) is 5.48. The van der Waals surface area contributed by atoms with Gasteiger partial charge in [-0.15, -0.1) is 0 Å². The van der Waals surface area contributed by atoms with Gasteiger partial charge in [0.1, 0.15) is 5.82 Å². The Hall–Kier alpha value is -1.22. The predicted molar refractivity (Wildman–Crippen MR) is 72.3 cm³/mol. The first-order valence-corrected chi connectivity index (χ1v) is 6.41. The molecule has 2 nitrogen and oxygen atoms in total. The zero-order valence-corrected chi connectivity index (χ0v) is 11.6. The van der Waals surface area contributed by atoms with Gasteiger partial charge in [-0.25, -0.2) is 4.39 Å². The van der Waals surface area contributed by atoms with Gasteiger partial charge in [-0.2, -0.15) is 0 Å². The molecule has 3 heteroatoms. The van der Waals surface area contributed by atoms with Crippen molar-refractivity contribution in [2.24, 2.45) is 5.92 Å². The molecule has 1 rings (SSSR count). The van der Waals surface area contributed by atoms with Gasteiger partial charge < -0.3 is 4.90 Å². The molecule has 0 aliphatic rings. The van der Waals surface area contributed by atoms with E-state index in [-0.39, 0.29) is 11.6 Å². The average molecular weight is 251 g/mol. The highest BCUT2D eigenvalue weighted by molar-refractivity contribution is 5.96. The van der Waals surface area contributed by atoms with Crippen molar-refractivity contribution in [2.45, 2.75) is 33.2 Å². The summed E-state index contributed by atoms with van der Waals surface area (Å²) < 4.78 is 12.7. The summed E-state index contributed by atoms with van der Waals surface area (Å²) in [5.41, 5.74) is 0.585. The first-order chi connectivity index (χ1) is 8.41. The van der Waals surface area contributed by atoms with E-state index in [1.54, 1.807) is 12.1 Å². The quantitative estimate of drug-likeness (QED) is 0.722. The fourth-order valence-electron chi connectivity index (χ4n) is 1.77. The minimum absolute atomic E-state index is 0.0674. The molecular weight excluding hydrogens is 229 g/mol. The Morgan fingerprint density at radius 3 is 2.28 bits per heavy atom. The van der Waals surface area contributed by atoms with Gasteiger partial charge in [0.25, 0.3) is 0 Å². The normalized spacial score (nSPS) is 13.1. The molecule has 0 saturated heterocycles. The highest BCUT2D eigenvalue weighted by Crippen LogP contribution is 2.10. The standard InChI is InChI=1S/C15H22FNO/c1-11(2)12(3)17(4)10-9-15(18)13-5-7-14(16)8-6-13/h5-8,11-12H,9-10H2,1-4H3. The first-order valence-electron chi connectivity index (χ1n) is 6.41. The summed E-state index contributed by atoms with van der Waals surface area (Å²) in [5.74, 6) is 0.325. The molecule has 0 saturated carbocycles. The van der Waals surface area contributed by atoms with E-state index in [4.69, 9.17) is 0 Å². The number of ketones is 1. The van der Waals surface area contributed by atoms with Gasteiger partial charge >= 0.3 is 0 Å². The lowest BCUT2D eigenvalue weighted by Gasteiger charge is -2.27. The van der Waals surface area contributed by atoms with E-state index in [0.29, 0.717) is 23.9 Å². The van der Waals surface area contributed by atoms with Crippen molar-refractivity contribution in [2.75, 3.05) is 13.6 Å². The van der Waals surface area contributed by atoms with Crippen LogP contribution in [-0.4, -0.2) is 30.3 Å². The number of benzene rings is 1. The van der Waals surface area contributed by atoms with Gasteiger partial charge in [-0.3, -0.25) is 4.79 Å². The van der Waals surface area contributed by atoms with E-state index in [1.165, 1.54) is 12.1 Å². The molecule has 0 aromatic heterocycles. The molecule has 1 aromatic carbocycles. The van der Waals surface area contributed by atoms with Crippen LogP contribution < -0.4 is 0 Å². The number of hydrogen-bond acceptors (Lipinski definition) is 2. The Labute approximate surface area is 109 Å². The number of Topliss-reactive ketones (excluding diaryl/α,β-unsaturated/α-hetero) is 1. The maximum absolute atomic E-state index is 12.7. The maximum atomic E-state index is 12.7. The lowest BCUT2D eigenvalue weighted by molar-refractivity contribution is 0.0955. The van der Waals surface area contributed by atoms with Crippen molar-refractivity contribution in [3.8, 4) is 0 Å². The van der Waals surface area contributed by atoms with Crippen molar-refractivity contribution in [1.82, 2.24) is 4.90 Å². The molecule has 0 aliphatic carbocycles. The van der Waals surface area contributed by atoms with E-state index in [9.17, 15) is 9.18 Å². The second kappa shape index (κ2) is 6.64. The van der Waals surface area contributed by atoms with E-state index >= 15 is 0 Å². The summed E-state index contributed by atoms with van der Waals surface area (Å²) in [6.07, 6.45) is 0.471. The summed E-state index contributed by atoms with van der Waals surface area (Å²) in [6.45, 7) is 7.23. The molecule has 0 heterocycles. The minimum atomic E-state index is -0.308. The molecule has 0 fully saturated rings. The Morgan fingerprint density at radius 1 is 1.22 bits per heavy atom. The Bertz CT molecular complexity index is 386. The SMILES string of the molecule is CC(C)C(C)N(C)CCC(=O)c1ccc(F)cc1. The van der Waals surface area contributed by atoms with Crippen molar-refractivity contribution >= 4 is 5.78 Å². The number of hydrogen-bond donors (Lipinski definition) is 0. The molecule has 0 aliphatic heterocycles. The average Bonchev–Trinajstić information content (AvgIpc) is 2.35. The number of nitrogens with zero attached hydrogens (tertiary/aromatic N) is 1. The van der Waals surface area contributed by atoms with Gasteiger partial charge in [0, 0.05) is 24.6 Å². The second-order valence-electron chi connectivity index (χ2n) is 5.15. The molecule has 0 bridgehead atoms. The van der Waals surface area contributed by atoms with E-state index in [1.807, 2.05) is 7.05 Å². The molecule has 1 atom stereocenters. The van der Waals surface area contributed by atoms with Crippen molar-refractivity contribution in [3.05, 3.63) is 35.6 Å². The summed E-state index contributed by atoms with van der Waals surface area (Å²) in [5, 5.41) is 0. The van der Waals surface area contributed by atoms with Gasteiger partial charge in [-0.1, -0.05) is 13.8 Å². The summed E-state index contributed by atoms with van der Waals surface area (Å²) in [7, 11) is 2.03. The third-order valence-electron chi connectivity index (χ3n) is 3.52. The molecule has 0 N–H and O–H groups in total. The van der Waals surface area contributed by atoms with Crippen LogP contribution in [0, 0.1) is 11.7 Å². The van der Waals surface area contributed by atoms with Crippen LogP contribution in [0.4, 0.5) is 4.39 Å². The van der Waals surface area contributed by atoms with Crippen molar-refractivity contribution in [3.63, 3.8) is 0 Å². The van der Waals surface area contributed by atoms with Crippen molar-refractivity contribution in [1.29, 1.82) is 0 Å². The Balaban J connectivity index is 2.49. The molecular formula is C15H22FNO. The highest BCUT2D eigenvalue weighted by Gasteiger charge is 2.14. The van der Waals surface area contributed by atoms with E-state index in [0.717, 1.165) is 6.54 Å². The smallest absolute Gasteiger partial charge is 0.164 e. The number of halogens is 1. The Morgan fingerprint density at radius 2 is 1.78 bits per heavy atom. The fourth-order valence-corrected chi connectivity index (χ4v) is 1.77. The van der Waals surface area contributed by atoms with Gasteiger partial charge in [0.05, 0.1) is 0 Å². The zero-order chi connectivity index (χ0) is 13.7. The maximum Gasteiger partial charge on any atom is 0.164 e. The van der Waals surface area contributed by atoms with Crippen LogP contribution in [0.1, 0.15) is 37.6 Å². The first kappa shape index (κ1) is 14.8. The summed E-state index contributed by atoms with van der Waals surface area (Å²) in [6, 6.07) is 6.19. The highest BCUT2D eigenvalue weighted by atomic mass is 19.1. The number of carbonyl (C=O) groups excluding carboxylic acids is 1. The monoisotopic (exact) mass is 251 g/mol. The molecule has 0 spiro atoms. The lowest BCUT2D eigenvalue weighted by atomic mass is 10.0. The van der Waals surface area contributed by atoms with Gasteiger partial charge in [0.15, 0.2) is 5.78 Å². The van der Waals surface area contributed by atoms with Gasteiger partial charge in [0.2, 0.25) is 0 Å². The second-order valence-corrected chi connectivity index (χ2v) is 5.15. The predicted octanol–water partition coefficient (Wildman–Crippen LogP) is 3.37. The van der Waals surface area contributed by atoms with Crippen LogP contribution in [0.15, 0.2) is 24.3 Å². The lowest BCUT2D eigenvalue weighted by Crippen LogP contribution is -2.34. The zero-order valence-electron chi connectivity index (χ0n) is 11.6. The molecule has 100 valence electrons. The number of rotatable bonds is 6. The van der Waals surface area contributed by atoms with Crippen molar-refractivity contribution < 1.29 is 9.18 Å². The summed E-state index contributed by atoms with van der Waals surface area (Å²) >= 11 is 0. The van der Waals surface area contributed by atoms with Crippen LogP contribution in [0.5, 0.6) is 0 Å². The third kappa shape index (κ3) is 4.22. The molecule has 0 amide bonds. The van der Waals surface area contributed by atoms with Crippen LogP contribution in [0.25, 0.3) is 0 Å². The van der Waals surface area contributed by atoms with E-state index < -0.39 is 0 Å². The fraction of sp³-hybridized carbons (Fsp3) is 0.533. The molecule has 18 heavy (non-hydrogen) atoms. The summed E-state index contributed by atoms with van der Waals surface area (Å²) in [4.78, 5) is 14.1. The van der Waals surface area contributed by atoms with E-state index in [2.05, 4.69) is 25.7 Å². The van der Waals surface area contributed by atoms with Crippen LogP contribution in [-0.2, 0) is 0 Å². The van der Waals surface area contributed by atoms with Crippen LogP contribution in [0.2, 0.25) is 0 Å². The topological polar surface area (TPSA) is 20.3 Å². The van der Waals surface area contributed by atoms with Crippen LogP contribution in [0.3, 0.4) is 0 Å². The minimum Gasteiger partial charge on any atom is -0.303 e. The molecule has 1 unspecified atom stereocenters. The number of carbonyl (C=O) groups is 1. The largest absolute Gasteiger partial charge is 0.303 e. The third-order valence-corrected chi connectivity index (χ3v) is 3.52. The molecule has 1 aromatic rings. The molecule has 0 radical (unpaired) electrons. The van der Waals surface area contributed by atoms with Gasteiger partial charge in [-0.05, 0) is 44.2 Å².